The summed E-state index contributed by atoms with van der Waals surface area (Å²) >= 11 is 0. The monoisotopic (exact) mass is 177 g/mol. The topological polar surface area (TPSA) is 43.1 Å². The molecule has 2 nitrogen and oxygen atoms in total. The van der Waals surface area contributed by atoms with E-state index >= 15 is 0 Å². The SMILES string of the molecule is CC(=O)C(N)c1cc(C)ccc1C. The van der Waals surface area contributed by atoms with E-state index in [0.717, 1.165) is 16.7 Å². The lowest BCUT2D eigenvalue weighted by Gasteiger charge is -2.12. The Balaban J connectivity index is 3.12. The minimum atomic E-state index is -0.472. The minimum absolute atomic E-state index is 0.00806. The first-order chi connectivity index (χ1) is 6.02. The second-order valence-electron chi connectivity index (χ2n) is 3.45. The van der Waals surface area contributed by atoms with Gasteiger partial charge in [-0.25, -0.2) is 0 Å². The number of Topliss-reactive ketones (excluding diaryl/α,β-unsaturated/α-hetero) is 1. The molecule has 0 aliphatic rings. The van der Waals surface area contributed by atoms with E-state index in [-0.39, 0.29) is 5.78 Å². The van der Waals surface area contributed by atoms with E-state index in [2.05, 4.69) is 0 Å². The highest BCUT2D eigenvalue weighted by Crippen LogP contribution is 2.17. The number of rotatable bonds is 2. The van der Waals surface area contributed by atoms with Gasteiger partial charge >= 0.3 is 0 Å². The zero-order valence-electron chi connectivity index (χ0n) is 8.29. The Hall–Kier alpha value is -1.15. The number of ketones is 1. The summed E-state index contributed by atoms with van der Waals surface area (Å²) in [6, 6.07) is 5.51. The minimum Gasteiger partial charge on any atom is -0.318 e. The standard InChI is InChI=1S/C11H15NO/c1-7-4-5-8(2)10(6-7)11(12)9(3)13/h4-6,11H,12H2,1-3H3. The van der Waals surface area contributed by atoms with E-state index in [1.807, 2.05) is 32.0 Å². The van der Waals surface area contributed by atoms with Gasteiger partial charge in [-0.05, 0) is 31.9 Å². The number of hydrogen-bond acceptors (Lipinski definition) is 2. The van der Waals surface area contributed by atoms with Crippen molar-refractivity contribution in [1.29, 1.82) is 0 Å². The first-order valence-electron chi connectivity index (χ1n) is 4.35. The lowest BCUT2D eigenvalue weighted by molar-refractivity contribution is -0.118. The summed E-state index contributed by atoms with van der Waals surface area (Å²) in [6.45, 7) is 5.49. The molecule has 0 aromatic heterocycles. The van der Waals surface area contributed by atoms with Gasteiger partial charge in [0, 0.05) is 0 Å². The van der Waals surface area contributed by atoms with Gasteiger partial charge in [0.2, 0.25) is 0 Å². The van der Waals surface area contributed by atoms with Crippen LogP contribution in [0.4, 0.5) is 0 Å². The van der Waals surface area contributed by atoms with Gasteiger partial charge in [0.1, 0.15) is 0 Å². The van der Waals surface area contributed by atoms with E-state index in [9.17, 15) is 4.79 Å². The van der Waals surface area contributed by atoms with Crippen molar-refractivity contribution in [3.05, 3.63) is 34.9 Å². The second kappa shape index (κ2) is 3.71. The highest BCUT2D eigenvalue weighted by atomic mass is 16.1. The number of hydrogen-bond donors (Lipinski definition) is 1. The maximum atomic E-state index is 11.1. The fourth-order valence-corrected chi connectivity index (χ4v) is 1.31. The predicted molar refractivity (Wildman–Crippen MR) is 53.5 cm³/mol. The van der Waals surface area contributed by atoms with Crippen molar-refractivity contribution in [3.8, 4) is 0 Å². The van der Waals surface area contributed by atoms with Gasteiger partial charge in [-0.1, -0.05) is 23.8 Å². The third-order valence-electron chi connectivity index (χ3n) is 2.21. The maximum absolute atomic E-state index is 11.1. The third kappa shape index (κ3) is 2.16. The molecule has 0 radical (unpaired) electrons. The van der Waals surface area contributed by atoms with Crippen molar-refractivity contribution in [1.82, 2.24) is 0 Å². The molecule has 0 amide bonds. The lowest BCUT2D eigenvalue weighted by Crippen LogP contribution is -2.19. The fraction of sp³-hybridized carbons (Fsp3) is 0.364. The predicted octanol–water partition coefficient (Wildman–Crippen LogP) is 1.89. The molecule has 1 aromatic carbocycles. The van der Waals surface area contributed by atoms with E-state index in [1.54, 1.807) is 0 Å². The summed E-state index contributed by atoms with van der Waals surface area (Å²) in [4.78, 5) is 11.1. The average molecular weight is 177 g/mol. The molecule has 1 atom stereocenters. The summed E-state index contributed by atoms with van der Waals surface area (Å²) < 4.78 is 0. The molecule has 0 saturated carbocycles. The Morgan fingerprint density at radius 1 is 1.38 bits per heavy atom. The van der Waals surface area contributed by atoms with Crippen LogP contribution in [0.15, 0.2) is 18.2 Å². The van der Waals surface area contributed by atoms with Gasteiger partial charge in [0.25, 0.3) is 0 Å². The summed E-state index contributed by atoms with van der Waals surface area (Å²) in [5, 5.41) is 0. The molecule has 13 heavy (non-hydrogen) atoms. The molecular weight excluding hydrogens is 162 g/mol. The van der Waals surface area contributed by atoms with Crippen molar-refractivity contribution in [2.45, 2.75) is 26.8 Å². The molecule has 0 bridgehead atoms. The normalized spacial score (nSPS) is 12.6. The Labute approximate surface area is 78.8 Å². The van der Waals surface area contributed by atoms with E-state index in [0.29, 0.717) is 0 Å². The van der Waals surface area contributed by atoms with E-state index < -0.39 is 6.04 Å². The molecule has 2 heteroatoms. The number of benzene rings is 1. The first kappa shape index (κ1) is 9.93. The molecule has 0 aliphatic carbocycles. The number of carbonyl (C=O) groups excluding carboxylic acids is 1. The van der Waals surface area contributed by atoms with Crippen molar-refractivity contribution in [3.63, 3.8) is 0 Å². The van der Waals surface area contributed by atoms with Crippen LogP contribution >= 0.6 is 0 Å². The third-order valence-corrected chi connectivity index (χ3v) is 2.21. The first-order valence-corrected chi connectivity index (χ1v) is 4.35. The van der Waals surface area contributed by atoms with Gasteiger partial charge in [0.15, 0.2) is 5.78 Å². The summed E-state index contributed by atoms with van der Waals surface area (Å²) in [6.07, 6.45) is 0. The zero-order valence-corrected chi connectivity index (χ0v) is 8.29. The molecule has 1 aromatic rings. The average Bonchev–Trinajstić information content (AvgIpc) is 2.08. The highest BCUT2D eigenvalue weighted by Gasteiger charge is 2.12. The van der Waals surface area contributed by atoms with E-state index in [1.165, 1.54) is 6.92 Å². The van der Waals surface area contributed by atoms with Crippen molar-refractivity contribution in [2.75, 3.05) is 0 Å². The summed E-state index contributed by atoms with van der Waals surface area (Å²) in [5.41, 5.74) is 8.91. The van der Waals surface area contributed by atoms with Crippen LogP contribution in [-0.2, 0) is 4.79 Å². The van der Waals surface area contributed by atoms with Crippen LogP contribution in [0.1, 0.15) is 29.7 Å². The number of aryl methyl sites for hydroxylation is 2. The quantitative estimate of drug-likeness (QED) is 0.749. The Morgan fingerprint density at radius 3 is 2.54 bits per heavy atom. The number of carbonyl (C=O) groups is 1. The summed E-state index contributed by atoms with van der Waals surface area (Å²) in [7, 11) is 0. The van der Waals surface area contributed by atoms with Crippen LogP contribution in [0.3, 0.4) is 0 Å². The van der Waals surface area contributed by atoms with Gasteiger partial charge in [-0.2, -0.15) is 0 Å². The van der Waals surface area contributed by atoms with Crippen molar-refractivity contribution in [2.24, 2.45) is 5.73 Å². The maximum Gasteiger partial charge on any atom is 0.150 e. The van der Waals surface area contributed by atoms with Crippen molar-refractivity contribution >= 4 is 5.78 Å². The highest BCUT2D eigenvalue weighted by molar-refractivity contribution is 5.83. The molecule has 0 aliphatic heterocycles. The van der Waals surface area contributed by atoms with E-state index in [4.69, 9.17) is 5.73 Å². The van der Waals surface area contributed by atoms with Crippen LogP contribution in [0.25, 0.3) is 0 Å². The molecular formula is C11H15NO. The Kier molecular flexibility index (Phi) is 2.83. The molecule has 70 valence electrons. The largest absolute Gasteiger partial charge is 0.318 e. The second-order valence-corrected chi connectivity index (χ2v) is 3.45. The molecule has 0 heterocycles. The van der Waals surface area contributed by atoms with Gasteiger partial charge in [-0.3, -0.25) is 4.79 Å². The van der Waals surface area contributed by atoms with Gasteiger partial charge in [-0.15, -0.1) is 0 Å². The molecule has 1 rings (SSSR count). The van der Waals surface area contributed by atoms with Crippen LogP contribution in [0.2, 0.25) is 0 Å². The molecule has 0 saturated heterocycles. The lowest BCUT2D eigenvalue weighted by atomic mass is 9.97. The van der Waals surface area contributed by atoms with Gasteiger partial charge < -0.3 is 5.73 Å². The molecule has 0 fully saturated rings. The summed E-state index contributed by atoms with van der Waals surface area (Å²) in [5.74, 6) is 0.00806. The van der Waals surface area contributed by atoms with Crippen LogP contribution in [0, 0.1) is 13.8 Å². The zero-order chi connectivity index (χ0) is 10.0. The van der Waals surface area contributed by atoms with Crippen LogP contribution in [0.5, 0.6) is 0 Å². The Morgan fingerprint density at radius 2 is 2.00 bits per heavy atom. The smallest absolute Gasteiger partial charge is 0.150 e. The fourth-order valence-electron chi connectivity index (χ4n) is 1.31. The molecule has 2 N–H and O–H groups in total. The van der Waals surface area contributed by atoms with Crippen LogP contribution < -0.4 is 5.73 Å². The van der Waals surface area contributed by atoms with Gasteiger partial charge in [0.05, 0.1) is 6.04 Å². The molecule has 1 unspecified atom stereocenters. The number of nitrogens with two attached hydrogens (primary N) is 1. The van der Waals surface area contributed by atoms with Crippen molar-refractivity contribution < 1.29 is 4.79 Å². The Bertz CT molecular complexity index is 331. The van der Waals surface area contributed by atoms with Crippen LogP contribution in [-0.4, -0.2) is 5.78 Å². The molecule has 0 spiro atoms.